The van der Waals surface area contributed by atoms with Crippen LogP contribution in [0.2, 0.25) is 0 Å². The number of ether oxygens (including phenoxy) is 1. The van der Waals surface area contributed by atoms with E-state index < -0.39 is 15.6 Å². The average molecular weight is 530 g/mol. The van der Waals surface area contributed by atoms with E-state index in [1.165, 1.54) is 6.42 Å². The standard InChI is InChI=1S/C28H39N3O5S/c1-28(2,3)36-27(33)31-18-16-20(17-19-31)29-37(34,35)25-15-9-12-22-23(25)13-8-14-24(22)26(32)30(4)21-10-6-5-7-11-21/h8-9,12-15,20-21,29H,5-7,10-11,16-19H2,1-4H3. The predicted octanol–water partition coefficient (Wildman–Crippen LogP) is 4.92. The van der Waals surface area contributed by atoms with E-state index in [0.717, 1.165) is 25.7 Å². The summed E-state index contributed by atoms with van der Waals surface area (Å²) in [6.45, 7) is 6.31. The third kappa shape index (κ3) is 6.44. The second-order valence-electron chi connectivity index (χ2n) is 11.2. The summed E-state index contributed by atoms with van der Waals surface area (Å²) in [6.07, 6.45) is 6.09. The predicted molar refractivity (Wildman–Crippen MR) is 144 cm³/mol. The van der Waals surface area contributed by atoms with Crippen molar-refractivity contribution in [3.05, 3.63) is 42.0 Å². The fourth-order valence-electron chi connectivity index (χ4n) is 5.32. The van der Waals surface area contributed by atoms with Crippen LogP contribution < -0.4 is 4.72 Å². The molecule has 1 aliphatic carbocycles. The largest absolute Gasteiger partial charge is 0.444 e. The molecule has 37 heavy (non-hydrogen) atoms. The number of hydrogen-bond acceptors (Lipinski definition) is 5. The Labute approximate surface area is 220 Å². The quantitative estimate of drug-likeness (QED) is 0.593. The molecule has 1 aliphatic heterocycles. The maximum absolute atomic E-state index is 13.5. The molecule has 1 N–H and O–H groups in total. The summed E-state index contributed by atoms with van der Waals surface area (Å²) in [4.78, 5) is 29.4. The Hall–Kier alpha value is -2.65. The Morgan fingerprint density at radius 1 is 0.946 bits per heavy atom. The zero-order valence-corrected chi connectivity index (χ0v) is 23.1. The van der Waals surface area contributed by atoms with Crippen LogP contribution in [0.5, 0.6) is 0 Å². The van der Waals surface area contributed by atoms with E-state index in [2.05, 4.69) is 4.72 Å². The Bertz CT molecular complexity index is 1240. The van der Waals surface area contributed by atoms with Crippen molar-refractivity contribution < 1.29 is 22.7 Å². The van der Waals surface area contributed by atoms with Crippen LogP contribution in [0.4, 0.5) is 4.79 Å². The first kappa shape index (κ1) is 27.4. The maximum atomic E-state index is 13.5. The number of benzene rings is 2. The van der Waals surface area contributed by atoms with Gasteiger partial charge in [0.25, 0.3) is 5.91 Å². The van der Waals surface area contributed by atoms with Crippen molar-refractivity contribution >= 4 is 32.8 Å². The monoisotopic (exact) mass is 529 g/mol. The fourth-order valence-corrected chi connectivity index (χ4v) is 6.84. The third-order valence-corrected chi connectivity index (χ3v) is 8.89. The van der Waals surface area contributed by atoms with E-state index in [9.17, 15) is 18.0 Å². The van der Waals surface area contributed by atoms with Gasteiger partial charge in [0.2, 0.25) is 10.0 Å². The van der Waals surface area contributed by atoms with Gasteiger partial charge in [-0.2, -0.15) is 0 Å². The lowest BCUT2D eigenvalue weighted by Gasteiger charge is -2.33. The summed E-state index contributed by atoms with van der Waals surface area (Å²) in [6, 6.07) is 10.3. The van der Waals surface area contributed by atoms with Gasteiger partial charge in [0.1, 0.15) is 5.60 Å². The normalized spacial score (nSPS) is 18.1. The van der Waals surface area contributed by atoms with Gasteiger partial charge in [0.05, 0.1) is 4.90 Å². The lowest BCUT2D eigenvalue weighted by Crippen LogP contribution is -2.47. The van der Waals surface area contributed by atoms with E-state index in [1.54, 1.807) is 35.2 Å². The molecule has 202 valence electrons. The Morgan fingerprint density at radius 2 is 1.57 bits per heavy atom. The second kappa shape index (κ2) is 11.0. The number of nitrogens with one attached hydrogen (secondary N) is 1. The molecule has 4 rings (SSSR count). The summed E-state index contributed by atoms with van der Waals surface area (Å²) in [7, 11) is -2.00. The molecular formula is C28H39N3O5S. The van der Waals surface area contributed by atoms with Gasteiger partial charge in [-0.15, -0.1) is 0 Å². The summed E-state index contributed by atoms with van der Waals surface area (Å²) in [5, 5.41) is 1.17. The molecule has 0 spiro atoms. The number of piperidine rings is 1. The first-order valence-electron chi connectivity index (χ1n) is 13.3. The van der Waals surface area contributed by atoms with Crippen LogP contribution in [0.25, 0.3) is 10.8 Å². The first-order chi connectivity index (χ1) is 17.5. The summed E-state index contributed by atoms with van der Waals surface area (Å²) >= 11 is 0. The molecule has 1 heterocycles. The summed E-state index contributed by atoms with van der Waals surface area (Å²) in [5.74, 6) is -0.0745. The molecule has 2 aromatic carbocycles. The van der Waals surface area contributed by atoms with Crippen molar-refractivity contribution in [1.29, 1.82) is 0 Å². The second-order valence-corrected chi connectivity index (χ2v) is 12.9. The molecule has 2 amide bonds. The molecule has 0 atom stereocenters. The van der Waals surface area contributed by atoms with E-state index in [-0.39, 0.29) is 29.0 Å². The summed E-state index contributed by atoms with van der Waals surface area (Å²) < 4.78 is 35.2. The van der Waals surface area contributed by atoms with Gasteiger partial charge in [-0.3, -0.25) is 4.79 Å². The molecule has 2 fully saturated rings. The highest BCUT2D eigenvalue weighted by Gasteiger charge is 2.30. The molecule has 1 saturated carbocycles. The number of rotatable bonds is 5. The van der Waals surface area contributed by atoms with Crippen LogP contribution >= 0.6 is 0 Å². The van der Waals surface area contributed by atoms with Crippen LogP contribution in [0.1, 0.15) is 76.1 Å². The van der Waals surface area contributed by atoms with Crippen molar-refractivity contribution in [2.24, 2.45) is 0 Å². The number of carbonyl (C=O) groups excluding carboxylic acids is 2. The number of carbonyl (C=O) groups is 2. The molecule has 0 aromatic heterocycles. The lowest BCUT2D eigenvalue weighted by molar-refractivity contribution is 0.0203. The number of likely N-dealkylation sites (tertiary alicyclic amines) is 1. The van der Waals surface area contributed by atoms with Gasteiger partial charge in [0.15, 0.2) is 0 Å². The van der Waals surface area contributed by atoms with E-state index in [1.807, 2.05) is 38.8 Å². The van der Waals surface area contributed by atoms with E-state index >= 15 is 0 Å². The smallest absolute Gasteiger partial charge is 0.410 e. The van der Waals surface area contributed by atoms with Gasteiger partial charge in [0, 0.05) is 43.2 Å². The van der Waals surface area contributed by atoms with Crippen LogP contribution in [-0.4, -0.2) is 68.0 Å². The molecule has 9 heteroatoms. The van der Waals surface area contributed by atoms with Crippen molar-refractivity contribution in [2.45, 2.75) is 88.3 Å². The SMILES string of the molecule is CN(C(=O)c1cccc2c(S(=O)(=O)NC3CCN(C(=O)OC(C)(C)C)CC3)cccc12)C1CCCCC1. The zero-order chi connectivity index (χ0) is 26.8. The number of fused-ring (bicyclic) bond motifs is 1. The van der Waals surface area contributed by atoms with Gasteiger partial charge >= 0.3 is 6.09 Å². The van der Waals surface area contributed by atoms with E-state index in [4.69, 9.17) is 4.74 Å². The number of nitrogens with zero attached hydrogens (tertiary/aromatic N) is 2. The Balaban J connectivity index is 1.50. The Kier molecular flexibility index (Phi) is 8.14. The highest BCUT2D eigenvalue weighted by Crippen LogP contribution is 2.29. The zero-order valence-electron chi connectivity index (χ0n) is 22.3. The van der Waals surface area contributed by atoms with Crippen LogP contribution in [-0.2, 0) is 14.8 Å². The van der Waals surface area contributed by atoms with Crippen LogP contribution in [0.15, 0.2) is 41.3 Å². The number of amides is 2. The van der Waals surface area contributed by atoms with Crippen LogP contribution in [0.3, 0.4) is 0 Å². The molecule has 2 aliphatic rings. The molecule has 1 saturated heterocycles. The molecule has 0 bridgehead atoms. The third-order valence-electron chi connectivity index (χ3n) is 7.31. The van der Waals surface area contributed by atoms with Crippen molar-refractivity contribution in [3.63, 3.8) is 0 Å². The van der Waals surface area contributed by atoms with Crippen molar-refractivity contribution in [3.8, 4) is 0 Å². The van der Waals surface area contributed by atoms with Gasteiger partial charge < -0.3 is 14.5 Å². The van der Waals surface area contributed by atoms with E-state index in [0.29, 0.717) is 42.3 Å². The molecular weight excluding hydrogens is 490 g/mol. The fraction of sp³-hybridized carbons (Fsp3) is 0.571. The highest BCUT2D eigenvalue weighted by molar-refractivity contribution is 7.89. The van der Waals surface area contributed by atoms with Gasteiger partial charge in [-0.1, -0.05) is 43.5 Å². The topological polar surface area (TPSA) is 96.0 Å². The number of hydrogen-bond donors (Lipinski definition) is 1. The van der Waals surface area contributed by atoms with Gasteiger partial charge in [-0.25, -0.2) is 17.9 Å². The summed E-state index contributed by atoms with van der Waals surface area (Å²) in [5.41, 5.74) is -0.0525. The van der Waals surface area contributed by atoms with Crippen molar-refractivity contribution in [1.82, 2.24) is 14.5 Å². The Morgan fingerprint density at radius 3 is 2.22 bits per heavy atom. The lowest BCUT2D eigenvalue weighted by atomic mass is 9.93. The van der Waals surface area contributed by atoms with Gasteiger partial charge in [-0.05, 0) is 64.0 Å². The minimum Gasteiger partial charge on any atom is -0.444 e. The molecule has 2 aromatic rings. The minimum atomic E-state index is -3.85. The molecule has 0 radical (unpaired) electrons. The number of sulfonamides is 1. The van der Waals surface area contributed by atoms with Crippen molar-refractivity contribution in [2.75, 3.05) is 20.1 Å². The minimum absolute atomic E-state index is 0.0745. The first-order valence-corrected chi connectivity index (χ1v) is 14.7. The average Bonchev–Trinajstić information content (AvgIpc) is 2.86. The maximum Gasteiger partial charge on any atom is 0.410 e. The van der Waals surface area contributed by atoms with Crippen LogP contribution in [0, 0.1) is 0 Å². The highest BCUT2D eigenvalue weighted by atomic mass is 32.2. The molecule has 0 unspecified atom stereocenters. The molecule has 8 nitrogen and oxygen atoms in total.